The minimum atomic E-state index is 0.614. The monoisotopic (exact) mass is 209 g/mol. The van der Waals surface area contributed by atoms with Gasteiger partial charge in [-0.1, -0.05) is 6.92 Å². The van der Waals surface area contributed by atoms with E-state index in [0.29, 0.717) is 4.77 Å². The van der Waals surface area contributed by atoms with Crippen LogP contribution in [0.1, 0.15) is 12.7 Å². The van der Waals surface area contributed by atoms with Crippen molar-refractivity contribution in [3.05, 3.63) is 22.9 Å². The molecule has 0 spiro atoms. The molecule has 0 aliphatic carbocycles. The van der Waals surface area contributed by atoms with Gasteiger partial charge in [0.2, 0.25) is 0 Å². The summed E-state index contributed by atoms with van der Waals surface area (Å²) in [6.45, 7) is 2.05. The molecule has 0 saturated heterocycles. The SMILES string of the molecule is CCc1occc1-c1n[nH]c(=S)n1C. The van der Waals surface area contributed by atoms with Gasteiger partial charge in [-0.2, -0.15) is 5.10 Å². The van der Waals surface area contributed by atoms with Gasteiger partial charge in [0.05, 0.1) is 11.8 Å². The summed E-state index contributed by atoms with van der Waals surface area (Å²) in [5.41, 5.74) is 1.00. The third-order valence-corrected chi connectivity index (χ3v) is 2.55. The fourth-order valence-electron chi connectivity index (χ4n) is 1.40. The molecule has 2 rings (SSSR count). The molecule has 2 aromatic rings. The first-order chi connectivity index (χ1) is 6.74. The van der Waals surface area contributed by atoms with Crippen LogP contribution < -0.4 is 0 Å². The van der Waals surface area contributed by atoms with E-state index in [1.165, 1.54) is 0 Å². The molecule has 1 N–H and O–H groups in total. The molecule has 0 radical (unpaired) electrons. The first kappa shape index (κ1) is 9.21. The van der Waals surface area contributed by atoms with Gasteiger partial charge in [-0.15, -0.1) is 0 Å². The number of rotatable bonds is 2. The van der Waals surface area contributed by atoms with Crippen LogP contribution >= 0.6 is 12.2 Å². The Hall–Kier alpha value is -1.36. The van der Waals surface area contributed by atoms with Crippen molar-refractivity contribution in [2.24, 2.45) is 7.05 Å². The van der Waals surface area contributed by atoms with Crippen LogP contribution in [0.3, 0.4) is 0 Å². The van der Waals surface area contributed by atoms with Gasteiger partial charge < -0.3 is 8.98 Å². The molecule has 4 nitrogen and oxygen atoms in total. The van der Waals surface area contributed by atoms with E-state index in [0.717, 1.165) is 23.6 Å². The van der Waals surface area contributed by atoms with Crippen molar-refractivity contribution in [1.82, 2.24) is 14.8 Å². The molecule has 0 aliphatic rings. The molecule has 0 saturated carbocycles. The van der Waals surface area contributed by atoms with Crippen molar-refractivity contribution in [2.45, 2.75) is 13.3 Å². The van der Waals surface area contributed by atoms with E-state index in [9.17, 15) is 0 Å². The highest BCUT2D eigenvalue weighted by Crippen LogP contribution is 2.22. The lowest BCUT2D eigenvalue weighted by molar-refractivity contribution is 0.517. The number of hydrogen-bond acceptors (Lipinski definition) is 3. The highest BCUT2D eigenvalue weighted by atomic mass is 32.1. The summed E-state index contributed by atoms with van der Waals surface area (Å²) in [5, 5.41) is 6.90. The molecule has 0 fully saturated rings. The van der Waals surface area contributed by atoms with Crippen LogP contribution in [0.15, 0.2) is 16.7 Å². The minimum Gasteiger partial charge on any atom is -0.469 e. The van der Waals surface area contributed by atoms with Crippen LogP contribution in [0.25, 0.3) is 11.4 Å². The van der Waals surface area contributed by atoms with Gasteiger partial charge in [-0.25, -0.2) is 0 Å². The lowest BCUT2D eigenvalue weighted by Gasteiger charge is -1.98. The summed E-state index contributed by atoms with van der Waals surface area (Å²) in [6.07, 6.45) is 2.52. The maximum Gasteiger partial charge on any atom is 0.195 e. The zero-order chi connectivity index (χ0) is 10.1. The molecule has 0 aromatic carbocycles. The highest BCUT2D eigenvalue weighted by molar-refractivity contribution is 7.71. The molecule has 5 heteroatoms. The second kappa shape index (κ2) is 3.42. The quantitative estimate of drug-likeness (QED) is 0.772. The Morgan fingerprint density at radius 3 is 3.00 bits per heavy atom. The van der Waals surface area contributed by atoms with Crippen molar-refractivity contribution in [3.63, 3.8) is 0 Å². The van der Waals surface area contributed by atoms with E-state index < -0.39 is 0 Å². The number of nitrogens with zero attached hydrogens (tertiary/aromatic N) is 2. The largest absolute Gasteiger partial charge is 0.469 e. The molecular weight excluding hydrogens is 198 g/mol. The van der Waals surface area contributed by atoms with Crippen LogP contribution in [0.5, 0.6) is 0 Å². The van der Waals surface area contributed by atoms with Crippen molar-refractivity contribution >= 4 is 12.2 Å². The fourth-order valence-corrected chi connectivity index (χ4v) is 1.53. The van der Waals surface area contributed by atoms with Crippen molar-refractivity contribution < 1.29 is 4.42 Å². The predicted molar refractivity (Wildman–Crippen MR) is 55.5 cm³/mol. The normalized spacial score (nSPS) is 10.7. The van der Waals surface area contributed by atoms with E-state index >= 15 is 0 Å². The van der Waals surface area contributed by atoms with E-state index in [-0.39, 0.29) is 0 Å². The van der Waals surface area contributed by atoms with E-state index in [1.807, 2.05) is 24.6 Å². The molecule has 0 bridgehead atoms. The summed E-state index contributed by atoms with van der Waals surface area (Å²) in [7, 11) is 1.88. The van der Waals surface area contributed by atoms with Gasteiger partial charge >= 0.3 is 0 Å². The average Bonchev–Trinajstić information content (AvgIpc) is 2.75. The Labute approximate surface area is 86.6 Å². The van der Waals surface area contributed by atoms with Crippen LogP contribution in [0.4, 0.5) is 0 Å². The van der Waals surface area contributed by atoms with Crippen molar-refractivity contribution in [3.8, 4) is 11.4 Å². The van der Waals surface area contributed by atoms with E-state index in [4.69, 9.17) is 16.6 Å². The maximum absolute atomic E-state index is 5.33. The molecule has 0 atom stereocenters. The number of furan rings is 1. The summed E-state index contributed by atoms with van der Waals surface area (Å²) in [5.74, 6) is 1.75. The zero-order valence-corrected chi connectivity index (χ0v) is 8.89. The lowest BCUT2D eigenvalue weighted by atomic mass is 10.2. The number of H-pyrrole nitrogens is 1. The van der Waals surface area contributed by atoms with Gasteiger partial charge in [0.15, 0.2) is 10.6 Å². The standard InChI is InChI=1S/C9H11N3OS/c1-3-7-6(4-5-13-7)8-10-11-9(14)12(8)2/h4-5H,3H2,1-2H3,(H,11,14). The second-order valence-electron chi connectivity index (χ2n) is 3.02. The molecule has 0 amide bonds. The number of aromatic nitrogens is 3. The summed E-state index contributed by atoms with van der Waals surface area (Å²) >= 11 is 5.04. The predicted octanol–water partition coefficient (Wildman–Crippen LogP) is 2.30. The Bertz CT molecular complexity index is 494. The van der Waals surface area contributed by atoms with Gasteiger partial charge in [0.25, 0.3) is 0 Å². The van der Waals surface area contributed by atoms with Crippen molar-refractivity contribution in [2.75, 3.05) is 0 Å². The number of aryl methyl sites for hydroxylation is 1. The molecule has 0 unspecified atom stereocenters. The lowest BCUT2D eigenvalue weighted by Crippen LogP contribution is -1.93. The Kier molecular flexibility index (Phi) is 2.25. The topological polar surface area (TPSA) is 46.8 Å². The van der Waals surface area contributed by atoms with Gasteiger partial charge in [-0.05, 0) is 18.3 Å². The molecular formula is C9H11N3OS. The average molecular weight is 209 g/mol. The fraction of sp³-hybridized carbons (Fsp3) is 0.333. The van der Waals surface area contributed by atoms with Crippen LogP contribution in [-0.2, 0) is 13.5 Å². The van der Waals surface area contributed by atoms with Gasteiger partial charge in [0.1, 0.15) is 5.76 Å². The highest BCUT2D eigenvalue weighted by Gasteiger charge is 2.11. The van der Waals surface area contributed by atoms with Crippen LogP contribution in [0, 0.1) is 4.77 Å². The van der Waals surface area contributed by atoms with Crippen LogP contribution in [0.2, 0.25) is 0 Å². The maximum atomic E-state index is 5.33. The molecule has 0 aliphatic heterocycles. The first-order valence-corrected chi connectivity index (χ1v) is 4.83. The Morgan fingerprint density at radius 2 is 2.43 bits per heavy atom. The first-order valence-electron chi connectivity index (χ1n) is 4.42. The molecule has 2 heterocycles. The second-order valence-corrected chi connectivity index (χ2v) is 3.41. The summed E-state index contributed by atoms with van der Waals surface area (Å²) in [4.78, 5) is 0. The van der Waals surface area contributed by atoms with Gasteiger partial charge in [0, 0.05) is 13.5 Å². The molecule has 74 valence electrons. The number of hydrogen-bond donors (Lipinski definition) is 1. The number of aromatic amines is 1. The number of nitrogens with one attached hydrogen (secondary N) is 1. The third-order valence-electron chi connectivity index (χ3n) is 2.19. The summed E-state index contributed by atoms with van der Waals surface area (Å²) < 4.78 is 7.78. The van der Waals surface area contributed by atoms with Crippen LogP contribution in [-0.4, -0.2) is 14.8 Å². The Balaban J connectivity index is 2.60. The van der Waals surface area contributed by atoms with Crippen molar-refractivity contribution in [1.29, 1.82) is 0 Å². The smallest absolute Gasteiger partial charge is 0.195 e. The minimum absolute atomic E-state index is 0.614. The van der Waals surface area contributed by atoms with E-state index in [2.05, 4.69) is 10.2 Å². The third kappa shape index (κ3) is 1.29. The van der Waals surface area contributed by atoms with E-state index in [1.54, 1.807) is 6.26 Å². The Morgan fingerprint density at radius 1 is 1.64 bits per heavy atom. The van der Waals surface area contributed by atoms with Gasteiger partial charge in [-0.3, -0.25) is 5.10 Å². The zero-order valence-electron chi connectivity index (χ0n) is 8.07. The summed E-state index contributed by atoms with van der Waals surface area (Å²) in [6, 6.07) is 1.91. The molecule has 14 heavy (non-hydrogen) atoms. The molecule has 2 aromatic heterocycles.